The fourth-order valence-electron chi connectivity index (χ4n) is 1.56. The Morgan fingerprint density at radius 1 is 0.727 bits per heavy atom. The number of rotatable bonds is 6. The van der Waals surface area contributed by atoms with E-state index < -0.39 is 0 Å². The summed E-state index contributed by atoms with van der Waals surface area (Å²) in [6.45, 7) is 0.687. The van der Waals surface area contributed by atoms with Gasteiger partial charge in [-0.15, -0.1) is 0 Å². The second kappa shape index (κ2) is 8.82. The summed E-state index contributed by atoms with van der Waals surface area (Å²) in [5.41, 5.74) is 0. The predicted molar refractivity (Wildman–Crippen MR) is 98.8 cm³/mol. The van der Waals surface area contributed by atoms with Gasteiger partial charge in [-0.05, 0) is 24.3 Å². The van der Waals surface area contributed by atoms with E-state index in [4.69, 9.17) is 32.7 Å². The first-order chi connectivity index (χ1) is 10.6. The summed E-state index contributed by atoms with van der Waals surface area (Å²) < 4.78 is 13.0. The fraction of sp³-hybridized carbons (Fsp3) is 0.125. The minimum Gasteiger partial charge on any atom is -0.487 e. The van der Waals surface area contributed by atoms with E-state index >= 15 is 0 Å². The molecular weight excluding hydrogens is 455 g/mol. The molecular formula is C16H12Br2Cl2O2. The van der Waals surface area contributed by atoms with Crippen LogP contribution in [0.4, 0.5) is 0 Å². The molecule has 116 valence electrons. The van der Waals surface area contributed by atoms with Crippen LogP contribution in [0, 0.1) is 0 Å². The van der Waals surface area contributed by atoms with Crippen molar-refractivity contribution in [2.45, 2.75) is 0 Å². The Hall–Kier alpha value is -0.680. The number of benzene rings is 2. The molecule has 2 rings (SSSR count). The average molecular weight is 467 g/mol. The van der Waals surface area contributed by atoms with Crippen molar-refractivity contribution >= 4 is 55.1 Å². The van der Waals surface area contributed by atoms with Gasteiger partial charge in [-0.1, -0.05) is 79.3 Å². The fourth-order valence-corrected chi connectivity index (χ4v) is 2.40. The van der Waals surface area contributed by atoms with Crippen LogP contribution in [0.3, 0.4) is 0 Å². The molecule has 0 atom stereocenters. The van der Waals surface area contributed by atoms with E-state index in [2.05, 4.69) is 31.9 Å². The maximum absolute atomic E-state index is 6.04. The first-order valence-electron chi connectivity index (χ1n) is 6.35. The van der Waals surface area contributed by atoms with Crippen LogP contribution >= 0.6 is 55.1 Å². The highest BCUT2D eigenvalue weighted by atomic mass is 79.9. The highest BCUT2D eigenvalue weighted by Crippen LogP contribution is 2.27. The standard InChI is InChI=1S/C16H12Br2Cl2O2/c17-11(9-21-15-7-3-1-5-13(15)19)12(18)10-22-16-8-4-2-6-14(16)20/h1-8H,9-10H2/b12-11+. The maximum atomic E-state index is 6.04. The van der Waals surface area contributed by atoms with Gasteiger partial charge in [0.15, 0.2) is 0 Å². The molecule has 0 aromatic heterocycles. The van der Waals surface area contributed by atoms with Crippen LogP contribution in [0.5, 0.6) is 11.5 Å². The van der Waals surface area contributed by atoms with E-state index in [1.54, 1.807) is 12.1 Å². The second-order valence-electron chi connectivity index (χ2n) is 4.25. The van der Waals surface area contributed by atoms with E-state index in [1.807, 2.05) is 36.4 Å². The zero-order valence-electron chi connectivity index (χ0n) is 11.4. The lowest BCUT2D eigenvalue weighted by atomic mass is 10.3. The lowest BCUT2D eigenvalue weighted by molar-refractivity contribution is 0.347. The van der Waals surface area contributed by atoms with Crippen molar-refractivity contribution in [3.8, 4) is 11.5 Å². The predicted octanol–water partition coefficient (Wildman–Crippen LogP) is 6.45. The Kier molecular flexibility index (Phi) is 7.09. The Balaban J connectivity index is 1.92. The molecule has 2 nitrogen and oxygen atoms in total. The molecule has 6 heteroatoms. The highest BCUT2D eigenvalue weighted by molar-refractivity contribution is 9.14. The number of hydrogen-bond acceptors (Lipinski definition) is 2. The third-order valence-corrected chi connectivity index (χ3v) is 5.25. The Morgan fingerprint density at radius 2 is 1.09 bits per heavy atom. The zero-order chi connectivity index (χ0) is 15.9. The molecule has 0 saturated carbocycles. The van der Waals surface area contributed by atoms with Crippen LogP contribution in [0.1, 0.15) is 0 Å². The van der Waals surface area contributed by atoms with Crippen molar-refractivity contribution in [3.63, 3.8) is 0 Å². The lowest BCUT2D eigenvalue weighted by Gasteiger charge is -2.11. The van der Waals surface area contributed by atoms with Crippen molar-refractivity contribution < 1.29 is 9.47 Å². The summed E-state index contributed by atoms with van der Waals surface area (Å²) in [7, 11) is 0. The molecule has 0 unspecified atom stereocenters. The maximum Gasteiger partial charge on any atom is 0.138 e. The molecule has 2 aromatic rings. The number of para-hydroxylation sites is 2. The van der Waals surface area contributed by atoms with Gasteiger partial charge >= 0.3 is 0 Å². The van der Waals surface area contributed by atoms with Crippen molar-refractivity contribution in [3.05, 3.63) is 67.5 Å². The molecule has 0 radical (unpaired) electrons. The van der Waals surface area contributed by atoms with Gasteiger partial charge in [0.05, 0.1) is 10.0 Å². The summed E-state index contributed by atoms with van der Waals surface area (Å²) in [6, 6.07) is 14.6. The topological polar surface area (TPSA) is 18.5 Å². The summed E-state index contributed by atoms with van der Waals surface area (Å²) in [5.74, 6) is 1.27. The largest absolute Gasteiger partial charge is 0.487 e. The number of ether oxygens (including phenoxy) is 2. The van der Waals surface area contributed by atoms with Gasteiger partial charge in [0, 0.05) is 8.96 Å². The smallest absolute Gasteiger partial charge is 0.138 e. The molecule has 0 spiro atoms. The molecule has 2 aromatic carbocycles. The SMILES string of the molecule is Clc1ccccc1OC/C(Br)=C(\Br)COc1ccccc1Cl. The second-order valence-corrected chi connectivity index (χ2v) is 6.98. The first-order valence-corrected chi connectivity index (χ1v) is 8.70. The van der Waals surface area contributed by atoms with Gasteiger partial charge in [-0.2, -0.15) is 0 Å². The molecule has 0 heterocycles. The number of halogens is 4. The van der Waals surface area contributed by atoms with Crippen molar-refractivity contribution in [2.75, 3.05) is 13.2 Å². The molecule has 0 aliphatic carbocycles. The highest BCUT2D eigenvalue weighted by Gasteiger charge is 2.07. The zero-order valence-corrected chi connectivity index (χ0v) is 16.0. The van der Waals surface area contributed by atoms with Crippen LogP contribution in [0.2, 0.25) is 10.0 Å². The van der Waals surface area contributed by atoms with E-state index in [0.717, 1.165) is 8.96 Å². The summed E-state index contributed by atoms with van der Waals surface area (Å²) in [4.78, 5) is 0. The molecule has 0 saturated heterocycles. The van der Waals surface area contributed by atoms with Gasteiger partial charge < -0.3 is 9.47 Å². The third kappa shape index (κ3) is 5.20. The van der Waals surface area contributed by atoms with Gasteiger partial charge in [0.25, 0.3) is 0 Å². The third-order valence-electron chi connectivity index (χ3n) is 2.68. The van der Waals surface area contributed by atoms with Crippen LogP contribution in [0.25, 0.3) is 0 Å². The minimum absolute atomic E-state index is 0.343. The normalized spacial score (nSPS) is 11.8. The van der Waals surface area contributed by atoms with E-state index in [-0.39, 0.29) is 0 Å². The van der Waals surface area contributed by atoms with Crippen molar-refractivity contribution in [2.24, 2.45) is 0 Å². The van der Waals surface area contributed by atoms with E-state index in [0.29, 0.717) is 34.8 Å². The number of hydrogen-bond donors (Lipinski definition) is 0. The monoisotopic (exact) mass is 464 g/mol. The Bertz CT molecular complexity index is 617. The summed E-state index contributed by atoms with van der Waals surface area (Å²) in [6.07, 6.45) is 0. The quantitative estimate of drug-likeness (QED) is 0.487. The van der Waals surface area contributed by atoms with Gasteiger partial charge in [-0.25, -0.2) is 0 Å². The van der Waals surface area contributed by atoms with E-state index in [1.165, 1.54) is 0 Å². The average Bonchev–Trinajstić information content (AvgIpc) is 2.52. The van der Waals surface area contributed by atoms with Crippen LogP contribution in [0.15, 0.2) is 57.5 Å². The molecule has 0 bridgehead atoms. The summed E-state index contributed by atoms with van der Waals surface area (Å²) in [5, 5.41) is 1.15. The van der Waals surface area contributed by atoms with Crippen LogP contribution in [-0.4, -0.2) is 13.2 Å². The Morgan fingerprint density at radius 3 is 1.45 bits per heavy atom. The van der Waals surface area contributed by atoms with Gasteiger partial charge in [0.2, 0.25) is 0 Å². The molecule has 0 N–H and O–H groups in total. The summed E-state index contributed by atoms with van der Waals surface area (Å²) >= 11 is 19.0. The lowest BCUT2D eigenvalue weighted by Crippen LogP contribution is -2.04. The van der Waals surface area contributed by atoms with Gasteiger partial charge in [0.1, 0.15) is 24.7 Å². The molecule has 0 aliphatic heterocycles. The van der Waals surface area contributed by atoms with Gasteiger partial charge in [-0.3, -0.25) is 0 Å². The molecule has 0 amide bonds. The van der Waals surface area contributed by atoms with Crippen molar-refractivity contribution in [1.82, 2.24) is 0 Å². The molecule has 22 heavy (non-hydrogen) atoms. The van der Waals surface area contributed by atoms with Crippen LogP contribution < -0.4 is 9.47 Å². The Labute approximate surface area is 156 Å². The molecule has 0 fully saturated rings. The first kappa shape index (κ1) is 17.7. The minimum atomic E-state index is 0.343. The van der Waals surface area contributed by atoms with E-state index in [9.17, 15) is 0 Å². The van der Waals surface area contributed by atoms with Crippen LogP contribution in [-0.2, 0) is 0 Å². The van der Waals surface area contributed by atoms with Crippen molar-refractivity contribution in [1.29, 1.82) is 0 Å². The molecule has 0 aliphatic rings.